The lowest BCUT2D eigenvalue weighted by atomic mass is 10.2. The molecule has 0 aliphatic rings. The molecule has 0 aliphatic carbocycles. The van der Waals surface area contributed by atoms with Crippen LogP contribution in [-0.2, 0) is 18.4 Å². The Bertz CT molecular complexity index is 414. The van der Waals surface area contributed by atoms with Gasteiger partial charge >= 0.3 is 0 Å². The van der Waals surface area contributed by atoms with Crippen LogP contribution in [0, 0.1) is 6.92 Å². The molecule has 5 nitrogen and oxygen atoms in total. The lowest BCUT2D eigenvalue weighted by molar-refractivity contribution is -0.119. The molecule has 1 rings (SSSR count). The highest BCUT2D eigenvalue weighted by Gasteiger charge is 2.18. The first-order valence-corrected chi connectivity index (χ1v) is 6.32. The van der Waals surface area contributed by atoms with Gasteiger partial charge in [0, 0.05) is 19.6 Å². The molecule has 6 heteroatoms. The van der Waals surface area contributed by atoms with E-state index in [1.807, 2.05) is 37.4 Å². The van der Waals surface area contributed by atoms with Gasteiger partial charge in [0.2, 0.25) is 5.91 Å². The van der Waals surface area contributed by atoms with Gasteiger partial charge in [0.25, 0.3) is 0 Å². The second-order valence-corrected chi connectivity index (χ2v) is 5.23. The minimum absolute atomic E-state index is 0.254. The molecule has 1 amide bonds. The minimum atomic E-state index is -0.311. The fourth-order valence-corrected chi connectivity index (χ4v) is 2.13. The number of carbonyl (C=O) groups excluding carboxylic acids is 1. The van der Waals surface area contributed by atoms with E-state index in [0.29, 0.717) is 6.54 Å². The largest absolute Gasteiger partial charge is 0.369 e. The molecule has 2 N–H and O–H groups in total. The monoisotopic (exact) mass is 302 g/mol. The molecule has 0 saturated carbocycles. The van der Waals surface area contributed by atoms with Crippen molar-refractivity contribution < 1.29 is 4.79 Å². The summed E-state index contributed by atoms with van der Waals surface area (Å²) in [5.41, 5.74) is 7.25. The van der Waals surface area contributed by atoms with Gasteiger partial charge in [0.1, 0.15) is 0 Å². The van der Waals surface area contributed by atoms with Crippen molar-refractivity contribution in [1.29, 1.82) is 0 Å². The third kappa shape index (κ3) is 3.54. The maximum Gasteiger partial charge on any atom is 0.231 e. The van der Waals surface area contributed by atoms with Crippen LogP contribution in [0.2, 0.25) is 0 Å². The number of nitrogens with zero attached hydrogens (tertiary/aromatic N) is 3. The van der Waals surface area contributed by atoms with Crippen molar-refractivity contribution in [3.8, 4) is 0 Å². The van der Waals surface area contributed by atoms with E-state index in [4.69, 9.17) is 5.73 Å². The van der Waals surface area contributed by atoms with Gasteiger partial charge in [-0.15, -0.1) is 0 Å². The first kappa shape index (κ1) is 14.2. The highest BCUT2D eigenvalue weighted by Crippen LogP contribution is 2.22. The molecule has 0 spiro atoms. The fraction of sp³-hybridized carbons (Fsp3) is 0.636. The van der Waals surface area contributed by atoms with Crippen LogP contribution in [0.1, 0.15) is 25.2 Å². The van der Waals surface area contributed by atoms with Gasteiger partial charge < -0.3 is 5.73 Å². The Morgan fingerprint density at radius 1 is 1.59 bits per heavy atom. The van der Waals surface area contributed by atoms with Crippen LogP contribution in [-0.4, -0.2) is 33.2 Å². The number of nitrogens with two attached hydrogens (primary N) is 1. The number of hydrogen-bond acceptors (Lipinski definition) is 3. The smallest absolute Gasteiger partial charge is 0.231 e. The van der Waals surface area contributed by atoms with E-state index in [1.54, 1.807) is 0 Å². The third-order valence-electron chi connectivity index (χ3n) is 2.70. The summed E-state index contributed by atoms with van der Waals surface area (Å²) in [4.78, 5) is 13.0. The quantitative estimate of drug-likeness (QED) is 0.888. The zero-order chi connectivity index (χ0) is 13.2. The summed E-state index contributed by atoms with van der Waals surface area (Å²) in [6, 6.07) is 0.254. The minimum Gasteiger partial charge on any atom is -0.369 e. The number of amides is 1. The summed E-state index contributed by atoms with van der Waals surface area (Å²) in [7, 11) is 1.90. The Labute approximate surface area is 110 Å². The molecule has 17 heavy (non-hydrogen) atoms. The van der Waals surface area contributed by atoms with Crippen LogP contribution in [0.5, 0.6) is 0 Å². The van der Waals surface area contributed by atoms with Crippen molar-refractivity contribution >= 4 is 21.8 Å². The van der Waals surface area contributed by atoms with Crippen molar-refractivity contribution in [2.45, 2.75) is 33.4 Å². The first-order valence-electron chi connectivity index (χ1n) is 5.53. The number of hydrogen-bond donors (Lipinski definition) is 1. The van der Waals surface area contributed by atoms with Crippen molar-refractivity contribution in [1.82, 2.24) is 14.7 Å². The maximum absolute atomic E-state index is 11.0. The molecule has 0 atom stereocenters. The van der Waals surface area contributed by atoms with E-state index < -0.39 is 0 Å². The molecule has 1 aromatic heterocycles. The van der Waals surface area contributed by atoms with Crippen LogP contribution < -0.4 is 5.73 Å². The summed E-state index contributed by atoms with van der Waals surface area (Å²) >= 11 is 3.52. The Morgan fingerprint density at radius 2 is 2.18 bits per heavy atom. The summed E-state index contributed by atoms with van der Waals surface area (Å²) in [5, 5.41) is 4.33. The lowest BCUT2D eigenvalue weighted by Crippen LogP contribution is -2.38. The van der Waals surface area contributed by atoms with Crippen molar-refractivity contribution in [3.63, 3.8) is 0 Å². The number of halogens is 1. The van der Waals surface area contributed by atoms with Gasteiger partial charge in [-0.05, 0) is 36.7 Å². The standard InChI is InChI=1S/C11H19BrN4O/c1-7(2)16(6-10(13)17)5-9-11(12)8(3)14-15(9)4/h7H,5-6H2,1-4H3,(H2,13,17). The normalized spacial score (nSPS) is 11.5. The Balaban J connectivity index is 2.89. The zero-order valence-electron chi connectivity index (χ0n) is 10.7. The summed E-state index contributed by atoms with van der Waals surface area (Å²) in [6.07, 6.45) is 0. The topological polar surface area (TPSA) is 64.2 Å². The Morgan fingerprint density at radius 3 is 2.53 bits per heavy atom. The number of carbonyl (C=O) groups is 1. The molecular weight excluding hydrogens is 284 g/mol. The molecule has 1 aromatic rings. The van der Waals surface area contributed by atoms with Crippen molar-refractivity contribution in [2.75, 3.05) is 6.54 Å². The maximum atomic E-state index is 11.0. The van der Waals surface area contributed by atoms with Gasteiger partial charge in [0.15, 0.2) is 0 Å². The van der Waals surface area contributed by atoms with Crippen molar-refractivity contribution in [2.24, 2.45) is 12.8 Å². The molecule has 0 aliphatic heterocycles. The van der Waals surface area contributed by atoms with E-state index in [2.05, 4.69) is 21.0 Å². The highest BCUT2D eigenvalue weighted by molar-refractivity contribution is 9.10. The predicted octanol–water partition coefficient (Wildman–Crippen LogP) is 1.19. The average molecular weight is 303 g/mol. The molecule has 96 valence electrons. The number of aryl methyl sites for hydroxylation is 2. The van der Waals surface area contributed by atoms with Gasteiger partial charge in [-0.2, -0.15) is 5.10 Å². The summed E-state index contributed by atoms with van der Waals surface area (Å²) in [6.45, 7) is 6.94. The van der Waals surface area contributed by atoms with Crippen molar-refractivity contribution in [3.05, 3.63) is 15.9 Å². The van der Waals surface area contributed by atoms with Gasteiger partial charge in [0.05, 0.1) is 22.4 Å². The zero-order valence-corrected chi connectivity index (χ0v) is 12.3. The molecule has 0 bridgehead atoms. The van der Waals surface area contributed by atoms with Crippen LogP contribution in [0.25, 0.3) is 0 Å². The predicted molar refractivity (Wildman–Crippen MR) is 70.4 cm³/mol. The second kappa shape index (κ2) is 5.64. The summed E-state index contributed by atoms with van der Waals surface area (Å²) in [5.74, 6) is -0.311. The molecular formula is C11H19BrN4O. The number of aromatic nitrogens is 2. The lowest BCUT2D eigenvalue weighted by Gasteiger charge is -2.25. The van der Waals surface area contributed by atoms with E-state index in [1.165, 1.54) is 0 Å². The van der Waals surface area contributed by atoms with E-state index >= 15 is 0 Å². The molecule has 0 unspecified atom stereocenters. The van der Waals surface area contributed by atoms with E-state index in [0.717, 1.165) is 15.9 Å². The number of rotatable bonds is 5. The van der Waals surface area contributed by atoms with Crippen LogP contribution >= 0.6 is 15.9 Å². The second-order valence-electron chi connectivity index (χ2n) is 4.43. The average Bonchev–Trinajstić information content (AvgIpc) is 2.43. The molecule has 1 heterocycles. The Hall–Kier alpha value is -0.880. The molecule has 0 aromatic carbocycles. The van der Waals surface area contributed by atoms with E-state index in [9.17, 15) is 4.79 Å². The molecule has 0 radical (unpaired) electrons. The van der Waals surface area contributed by atoms with Gasteiger partial charge in [-0.25, -0.2) is 0 Å². The first-order chi connectivity index (χ1) is 7.82. The molecule has 0 saturated heterocycles. The fourth-order valence-electron chi connectivity index (χ4n) is 1.67. The van der Waals surface area contributed by atoms with E-state index in [-0.39, 0.29) is 18.5 Å². The van der Waals surface area contributed by atoms with Crippen LogP contribution in [0.15, 0.2) is 4.47 Å². The van der Waals surface area contributed by atoms with Crippen LogP contribution in [0.4, 0.5) is 0 Å². The third-order valence-corrected chi connectivity index (χ3v) is 3.74. The molecule has 0 fully saturated rings. The Kier molecular flexibility index (Phi) is 4.70. The number of primary amides is 1. The van der Waals surface area contributed by atoms with Gasteiger partial charge in [-0.3, -0.25) is 14.4 Å². The van der Waals surface area contributed by atoms with Crippen LogP contribution in [0.3, 0.4) is 0 Å². The van der Waals surface area contributed by atoms with Gasteiger partial charge in [-0.1, -0.05) is 0 Å². The SMILES string of the molecule is Cc1nn(C)c(CN(CC(N)=O)C(C)C)c1Br. The summed E-state index contributed by atoms with van der Waals surface area (Å²) < 4.78 is 2.82. The highest BCUT2D eigenvalue weighted by atomic mass is 79.9.